The highest BCUT2D eigenvalue weighted by atomic mass is 16.5. The summed E-state index contributed by atoms with van der Waals surface area (Å²) in [5.41, 5.74) is 4.97. The molecule has 3 heteroatoms. The van der Waals surface area contributed by atoms with Crippen LogP contribution in [0, 0.1) is 6.92 Å². The third kappa shape index (κ3) is 5.85. The third-order valence-corrected chi connectivity index (χ3v) is 5.22. The monoisotopic (exact) mass is 414 g/mol. The molecule has 0 aliphatic heterocycles. The van der Waals surface area contributed by atoms with Gasteiger partial charge in [-0.05, 0) is 47.2 Å². The molecule has 0 atom stereocenters. The lowest BCUT2D eigenvalue weighted by Gasteiger charge is -2.19. The molecule has 160 valence electrons. The van der Waals surface area contributed by atoms with Gasteiger partial charge >= 0.3 is 0 Å². The second kappa shape index (κ2) is 9.65. The van der Waals surface area contributed by atoms with Gasteiger partial charge in [-0.2, -0.15) is 0 Å². The highest BCUT2D eigenvalue weighted by Gasteiger charge is 2.13. The predicted molar refractivity (Wildman–Crippen MR) is 126 cm³/mol. The lowest BCUT2D eigenvalue weighted by Crippen LogP contribution is -2.10. The molecule has 0 fully saturated rings. The Labute approximate surface area is 185 Å². The predicted octanol–water partition coefficient (Wildman–Crippen LogP) is 6.82. The summed E-state index contributed by atoms with van der Waals surface area (Å²) in [6.07, 6.45) is 1.34. The fourth-order valence-electron chi connectivity index (χ4n) is 3.39. The first-order chi connectivity index (χ1) is 14.8. The number of benzene rings is 3. The number of allylic oxidation sites excluding steroid dienone is 1. The van der Waals surface area contributed by atoms with Gasteiger partial charge in [0.05, 0.1) is 0 Å². The van der Waals surface area contributed by atoms with Gasteiger partial charge in [-0.25, -0.2) is 0 Å². The second-order valence-corrected chi connectivity index (χ2v) is 8.68. The molecule has 0 aliphatic rings. The first-order valence-corrected chi connectivity index (χ1v) is 10.5. The third-order valence-electron chi connectivity index (χ3n) is 5.22. The molecule has 0 radical (unpaired) electrons. The Hall–Kier alpha value is -3.33. The molecule has 0 heterocycles. The summed E-state index contributed by atoms with van der Waals surface area (Å²) in [5, 5.41) is 0. The minimum atomic E-state index is -0.0914. The van der Waals surface area contributed by atoms with Crippen LogP contribution in [-0.2, 0) is 18.6 Å². The molecule has 0 spiro atoms. The Balaban J connectivity index is 1.64. The van der Waals surface area contributed by atoms with Crippen LogP contribution < -0.4 is 9.47 Å². The van der Waals surface area contributed by atoms with E-state index in [1.807, 2.05) is 49.4 Å². The number of ether oxygens (including phenoxy) is 2. The number of ketones is 1. The van der Waals surface area contributed by atoms with Crippen molar-refractivity contribution in [2.75, 3.05) is 0 Å². The average Bonchev–Trinajstić information content (AvgIpc) is 2.76. The number of rotatable bonds is 8. The summed E-state index contributed by atoms with van der Waals surface area (Å²) in [5.74, 6) is 1.34. The molecule has 0 saturated carbocycles. The van der Waals surface area contributed by atoms with E-state index < -0.39 is 0 Å². The van der Waals surface area contributed by atoms with Gasteiger partial charge in [-0.1, -0.05) is 75.9 Å². The van der Waals surface area contributed by atoms with Gasteiger partial charge in [0.25, 0.3) is 0 Å². The molecule has 0 unspecified atom stereocenters. The van der Waals surface area contributed by atoms with E-state index in [0.29, 0.717) is 24.5 Å². The quantitative estimate of drug-likeness (QED) is 0.300. The van der Waals surface area contributed by atoms with Crippen molar-refractivity contribution in [1.82, 2.24) is 0 Å². The minimum absolute atomic E-state index is 0.0914. The SMILES string of the molecule is C=CC(=O)c1c(C)cccc1COc1cccc(OCc2ccc(C(C)(C)C)cc2)c1. The molecule has 0 amide bonds. The topological polar surface area (TPSA) is 35.5 Å². The van der Waals surface area contributed by atoms with E-state index in [1.54, 1.807) is 0 Å². The molecule has 3 aromatic carbocycles. The molecule has 0 aromatic heterocycles. The first-order valence-electron chi connectivity index (χ1n) is 10.5. The number of carbonyl (C=O) groups excluding carboxylic acids is 1. The standard InChI is InChI=1S/C28H30O3/c1-6-26(29)27-20(2)9-7-10-22(27)19-31-25-12-8-11-24(17-25)30-18-21-13-15-23(16-14-21)28(3,4)5/h6-17H,1,18-19H2,2-5H3. The molecule has 0 saturated heterocycles. The summed E-state index contributed by atoms with van der Waals surface area (Å²) in [6.45, 7) is 12.9. The zero-order valence-corrected chi connectivity index (χ0v) is 18.8. The summed E-state index contributed by atoms with van der Waals surface area (Å²) >= 11 is 0. The highest BCUT2D eigenvalue weighted by molar-refractivity contribution is 6.06. The van der Waals surface area contributed by atoms with Crippen LogP contribution >= 0.6 is 0 Å². The Kier molecular flexibility index (Phi) is 6.96. The molecule has 0 N–H and O–H groups in total. The van der Waals surface area contributed by atoms with Crippen LogP contribution in [0.25, 0.3) is 0 Å². The van der Waals surface area contributed by atoms with Crippen LogP contribution in [0.3, 0.4) is 0 Å². The van der Waals surface area contributed by atoms with Gasteiger partial charge in [-0.3, -0.25) is 4.79 Å². The van der Waals surface area contributed by atoms with Crippen molar-refractivity contribution in [1.29, 1.82) is 0 Å². The van der Waals surface area contributed by atoms with Crippen LogP contribution in [0.1, 0.15) is 53.4 Å². The smallest absolute Gasteiger partial charge is 0.185 e. The molecule has 0 aliphatic carbocycles. The molecular formula is C28H30O3. The van der Waals surface area contributed by atoms with E-state index >= 15 is 0 Å². The summed E-state index contributed by atoms with van der Waals surface area (Å²) in [4.78, 5) is 12.2. The lowest BCUT2D eigenvalue weighted by molar-refractivity contribution is 0.104. The minimum Gasteiger partial charge on any atom is -0.489 e. The van der Waals surface area contributed by atoms with Gasteiger partial charge in [0.2, 0.25) is 0 Å². The van der Waals surface area contributed by atoms with Crippen LogP contribution in [0.5, 0.6) is 11.5 Å². The molecule has 0 bridgehead atoms. The van der Waals surface area contributed by atoms with Gasteiger partial charge in [-0.15, -0.1) is 0 Å². The van der Waals surface area contributed by atoms with E-state index in [0.717, 1.165) is 22.4 Å². The van der Waals surface area contributed by atoms with Gasteiger partial charge in [0.15, 0.2) is 5.78 Å². The maximum absolute atomic E-state index is 12.2. The van der Waals surface area contributed by atoms with E-state index in [1.165, 1.54) is 11.6 Å². The maximum atomic E-state index is 12.2. The van der Waals surface area contributed by atoms with Gasteiger partial charge in [0.1, 0.15) is 24.7 Å². The van der Waals surface area contributed by atoms with Crippen molar-refractivity contribution in [3.63, 3.8) is 0 Å². The van der Waals surface area contributed by atoms with Gasteiger partial charge in [0, 0.05) is 17.2 Å². The molecular weight excluding hydrogens is 384 g/mol. The van der Waals surface area contributed by atoms with Crippen molar-refractivity contribution in [2.45, 2.75) is 46.3 Å². The van der Waals surface area contributed by atoms with Gasteiger partial charge < -0.3 is 9.47 Å². The first kappa shape index (κ1) is 22.4. The van der Waals surface area contributed by atoms with Crippen LogP contribution in [0.4, 0.5) is 0 Å². The Morgan fingerprint density at radius 2 is 1.52 bits per heavy atom. The zero-order valence-electron chi connectivity index (χ0n) is 18.8. The lowest BCUT2D eigenvalue weighted by atomic mass is 9.87. The molecule has 31 heavy (non-hydrogen) atoms. The van der Waals surface area contributed by atoms with Crippen molar-refractivity contribution >= 4 is 5.78 Å². The molecule has 3 aromatic rings. The summed E-state index contributed by atoms with van der Waals surface area (Å²) in [6, 6.07) is 21.9. The Bertz CT molecular complexity index is 1060. The van der Waals surface area contributed by atoms with E-state index in [4.69, 9.17) is 9.47 Å². The van der Waals surface area contributed by atoms with Crippen molar-refractivity contribution < 1.29 is 14.3 Å². The van der Waals surface area contributed by atoms with Crippen molar-refractivity contribution in [2.24, 2.45) is 0 Å². The second-order valence-electron chi connectivity index (χ2n) is 8.68. The average molecular weight is 415 g/mol. The number of hydrogen-bond acceptors (Lipinski definition) is 3. The number of aryl methyl sites for hydroxylation is 1. The Morgan fingerprint density at radius 1 is 0.903 bits per heavy atom. The highest BCUT2D eigenvalue weighted by Crippen LogP contribution is 2.25. The van der Waals surface area contributed by atoms with Crippen LogP contribution in [-0.4, -0.2) is 5.78 Å². The molecule has 3 nitrogen and oxygen atoms in total. The van der Waals surface area contributed by atoms with Crippen molar-refractivity contribution in [3.05, 3.63) is 107 Å². The van der Waals surface area contributed by atoms with E-state index in [-0.39, 0.29) is 11.2 Å². The molecule has 3 rings (SSSR count). The fraction of sp³-hybridized carbons (Fsp3) is 0.250. The normalized spacial score (nSPS) is 11.1. The van der Waals surface area contributed by atoms with E-state index in [2.05, 4.69) is 51.6 Å². The summed E-state index contributed by atoms with van der Waals surface area (Å²) < 4.78 is 11.9. The largest absolute Gasteiger partial charge is 0.489 e. The maximum Gasteiger partial charge on any atom is 0.185 e. The Morgan fingerprint density at radius 3 is 2.13 bits per heavy atom. The van der Waals surface area contributed by atoms with Crippen LogP contribution in [0.15, 0.2) is 79.4 Å². The fourth-order valence-corrected chi connectivity index (χ4v) is 3.39. The zero-order chi connectivity index (χ0) is 22.4. The van der Waals surface area contributed by atoms with Crippen LogP contribution in [0.2, 0.25) is 0 Å². The van der Waals surface area contributed by atoms with E-state index in [9.17, 15) is 4.79 Å². The van der Waals surface area contributed by atoms with Crippen molar-refractivity contribution in [3.8, 4) is 11.5 Å². The number of hydrogen-bond donors (Lipinski definition) is 0. The number of carbonyl (C=O) groups is 1. The summed E-state index contributed by atoms with van der Waals surface area (Å²) in [7, 11) is 0.